The minimum atomic E-state index is -0.315. The Morgan fingerprint density at radius 3 is 2.65 bits per heavy atom. The molecule has 0 radical (unpaired) electrons. The van der Waals surface area contributed by atoms with Gasteiger partial charge in [0.25, 0.3) is 0 Å². The fourth-order valence-corrected chi connectivity index (χ4v) is 1.56. The molecule has 0 atom stereocenters. The van der Waals surface area contributed by atoms with Crippen molar-refractivity contribution in [2.45, 2.75) is 13.8 Å². The molecule has 88 valence electrons. The van der Waals surface area contributed by atoms with Gasteiger partial charge < -0.3 is 5.32 Å². The van der Waals surface area contributed by atoms with Crippen molar-refractivity contribution in [3.05, 3.63) is 46.5 Å². The molecular formula is C12H11ClFN3. The smallest absolute Gasteiger partial charge is 0.228 e. The summed E-state index contributed by atoms with van der Waals surface area (Å²) in [5.74, 6) is 0.0497. The lowest BCUT2D eigenvalue weighted by Gasteiger charge is -2.08. The summed E-state index contributed by atoms with van der Waals surface area (Å²) in [4.78, 5) is 8.31. The zero-order valence-electron chi connectivity index (χ0n) is 9.46. The number of anilines is 2. The molecule has 0 aliphatic carbocycles. The number of benzene rings is 1. The molecule has 1 aromatic carbocycles. The van der Waals surface area contributed by atoms with Crippen LogP contribution in [0.4, 0.5) is 16.0 Å². The average molecular weight is 252 g/mol. The van der Waals surface area contributed by atoms with E-state index in [2.05, 4.69) is 15.3 Å². The van der Waals surface area contributed by atoms with Crippen molar-refractivity contribution in [1.82, 2.24) is 9.97 Å². The highest BCUT2D eigenvalue weighted by molar-refractivity contribution is 6.30. The first-order valence-electron chi connectivity index (χ1n) is 5.09. The molecule has 0 spiro atoms. The van der Waals surface area contributed by atoms with Crippen molar-refractivity contribution in [1.29, 1.82) is 0 Å². The summed E-state index contributed by atoms with van der Waals surface area (Å²) in [6, 6.07) is 6.09. The number of halogens is 2. The van der Waals surface area contributed by atoms with Gasteiger partial charge in [-0.15, -0.1) is 0 Å². The van der Waals surface area contributed by atoms with Crippen LogP contribution in [0.3, 0.4) is 0 Å². The van der Waals surface area contributed by atoms with E-state index in [0.717, 1.165) is 11.3 Å². The summed E-state index contributed by atoms with van der Waals surface area (Å²) < 4.78 is 13.0. The Bertz CT molecular complexity index is 534. The third kappa shape index (κ3) is 2.71. The molecule has 0 saturated carbocycles. The van der Waals surface area contributed by atoms with Crippen LogP contribution in [-0.2, 0) is 0 Å². The Kier molecular flexibility index (Phi) is 3.24. The zero-order valence-corrected chi connectivity index (χ0v) is 10.2. The van der Waals surface area contributed by atoms with Crippen LogP contribution >= 0.6 is 11.6 Å². The van der Waals surface area contributed by atoms with Crippen LogP contribution in [0.25, 0.3) is 0 Å². The quantitative estimate of drug-likeness (QED) is 0.829. The Morgan fingerprint density at radius 1 is 1.24 bits per heavy atom. The lowest BCUT2D eigenvalue weighted by molar-refractivity contribution is 0.628. The lowest BCUT2D eigenvalue weighted by atomic mass is 10.3. The highest BCUT2D eigenvalue weighted by Crippen LogP contribution is 2.19. The van der Waals surface area contributed by atoms with Gasteiger partial charge in [0, 0.05) is 16.9 Å². The largest absolute Gasteiger partial charge is 0.324 e. The first-order valence-corrected chi connectivity index (χ1v) is 5.47. The molecule has 3 nitrogen and oxygen atoms in total. The summed E-state index contributed by atoms with van der Waals surface area (Å²) in [6.45, 7) is 3.70. The Balaban J connectivity index is 2.31. The number of aromatic nitrogens is 2. The monoisotopic (exact) mass is 251 g/mol. The first-order chi connectivity index (χ1) is 8.06. The topological polar surface area (TPSA) is 37.8 Å². The van der Waals surface area contributed by atoms with Crippen molar-refractivity contribution in [3.8, 4) is 0 Å². The van der Waals surface area contributed by atoms with Crippen LogP contribution in [0, 0.1) is 19.7 Å². The second kappa shape index (κ2) is 4.67. The van der Waals surface area contributed by atoms with Crippen LogP contribution in [-0.4, -0.2) is 9.97 Å². The molecule has 0 aliphatic rings. The lowest BCUT2D eigenvalue weighted by Crippen LogP contribution is -2.01. The average Bonchev–Trinajstić information content (AvgIpc) is 2.26. The molecule has 1 heterocycles. The number of hydrogen-bond acceptors (Lipinski definition) is 3. The molecule has 0 saturated heterocycles. The number of nitrogens with zero attached hydrogens (tertiary/aromatic N) is 2. The van der Waals surface area contributed by atoms with Gasteiger partial charge in [0.15, 0.2) is 0 Å². The maximum absolute atomic E-state index is 13.0. The van der Waals surface area contributed by atoms with Gasteiger partial charge in [0.1, 0.15) is 11.0 Å². The molecule has 1 aromatic heterocycles. The summed E-state index contributed by atoms with van der Waals surface area (Å²) in [5, 5.41) is 3.31. The summed E-state index contributed by atoms with van der Waals surface area (Å²) in [7, 11) is 0. The minimum absolute atomic E-state index is 0.315. The standard InChI is InChI=1S/C12H11ClFN3/c1-7-8(2)15-12(17-11(7)13)16-10-5-3-4-9(14)6-10/h3-6H,1-2H3,(H,15,16,17). The highest BCUT2D eigenvalue weighted by atomic mass is 35.5. The molecule has 0 bridgehead atoms. The van der Waals surface area contributed by atoms with E-state index in [9.17, 15) is 4.39 Å². The van der Waals surface area contributed by atoms with E-state index in [-0.39, 0.29) is 5.82 Å². The van der Waals surface area contributed by atoms with Crippen LogP contribution in [0.5, 0.6) is 0 Å². The fourth-order valence-electron chi connectivity index (χ4n) is 1.35. The maximum atomic E-state index is 13.0. The van der Waals surface area contributed by atoms with Crippen molar-refractivity contribution >= 4 is 23.2 Å². The Morgan fingerprint density at radius 2 is 2.00 bits per heavy atom. The van der Waals surface area contributed by atoms with Gasteiger partial charge in [-0.05, 0) is 32.0 Å². The first kappa shape index (κ1) is 11.8. The molecule has 17 heavy (non-hydrogen) atoms. The third-order valence-corrected chi connectivity index (χ3v) is 2.78. The predicted octanol–water partition coefficient (Wildman–Crippen LogP) is 3.63. The van der Waals surface area contributed by atoms with Crippen molar-refractivity contribution < 1.29 is 4.39 Å². The van der Waals surface area contributed by atoms with Gasteiger partial charge >= 0.3 is 0 Å². The van der Waals surface area contributed by atoms with E-state index in [1.807, 2.05) is 13.8 Å². The van der Waals surface area contributed by atoms with Gasteiger partial charge in [-0.3, -0.25) is 0 Å². The minimum Gasteiger partial charge on any atom is -0.324 e. The Hall–Kier alpha value is -1.68. The molecule has 0 amide bonds. The molecule has 1 N–H and O–H groups in total. The molecule has 2 aromatic rings. The number of aryl methyl sites for hydroxylation is 1. The van der Waals surface area contributed by atoms with Crippen LogP contribution in [0.1, 0.15) is 11.3 Å². The van der Waals surface area contributed by atoms with E-state index in [1.54, 1.807) is 12.1 Å². The molecule has 0 unspecified atom stereocenters. The van der Waals surface area contributed by atoms with Crippen LogP contribution in [0.15, 0.2) is 24.3 Å². The Labute approximate surface area is 104 Å². The maximum Gasteiger partial charge on any atom is 0.228 e. The number of hydrogen-bond donors (Lipinski definition) is 1. The second-order valence-corrected chi connectivity index (χ2v) is 4.04. The van der Waals surface area contributed by atoms with Crippen LogP contribution in [0.2, 0.25) is 5.15 Å². The number of nitrogens with one attached hydrogen (secondary N) is 1. The van der Waals surface area contributed by atoms with Gasteiger partial charge in [0.05, 0.1) is 0 Å². The van der Waals surface area contributed by atoms with Gasteiger partial charge in [-0.2, -0.15) is 0 Å². The second-order valence-electron chi connectivity index (χ2n) is 3.68. The molecule has 2 rings (SSSR count). The summed E-state index contributed by atoms with van der Waals surface area (Å²) in [6.07, 6.45) is 0. The summed E-state index contributed by atoms with van der Waals surface area (Å²) in [5.41, 5.74) is 2.23. The van der Waals surface area contributed by atoms with E-state index in [1.165, 1.54) is 12.1 Å². The third-order valence-electron chi connectivity index (χ3n) is 2.41. The molecular weight excluding hydrogens is 241 g/mol. The van der Waals surface area contributed by atoms with Gasteiger partial charge in [-0.1, -0.05) is 17.7 Å². The molecule has 0 fully saturated rings. The van der Waals surface area contributed by atoms with E-state index < -0.39 is 0 Å². The predicted molar refractivity (Wildman–Crippen MR) is 66.2 cm³/mol. The van der Waals surface area contributed by atoms with Crippen molar-refractivity contribution in [2.24, 2.45) is 0 Å². The van der Waals surface area contributed by atoms with E-state index in [4.69, 9.17) is 11.6 Å². The van der Waals surface area contributed by atoms with Gasteiger partial charge in [0.2, 0.25) is 5.95 Å². The molecule has 0 aliphatic heterocycles. The normalized spacial score (nSPS) is 10.4. The SMILES string of the molecule is Cc1nc(Nc2cccc(F)c2)nc(Cl)c1C. The zero-order chi connectivity index (χ0) is 12.4. The van der Waals surface area contributed by atoms with E-state index >= 15 is 0 Å². The van der Waals surface area contributed by atoms with Crippen molar-refractivity contribution in [2.75, 3.05) is 5.32 Å². The van der Waals surface area contributed by atoms with Crippen LogP contribution < -0.4 is 5.32 Å². The van der Waals surface area contributed by atoms with E-state index in [0.29, 0.717) is 16.8 Å². The molecule has 5 heteroatoms. The highest BCUT2D eigenvalue weighted by Gasteiger charge is 2.06. The number of rotatable bonds is 2. The van der Waals surface area contributed by atoms with Gasteiger partial charge in [-0.25, -0.2) is 14.4 Å². The fraction of sp³-hybridized carbons (Fsp3) is 0.167. The summed E-state index contributed by atoms with van der Waals surface area (Å²) >= 11 is 5.95. The van der Waals surface area contributed by atoms with Crippen molar-refractivity contribution in [3.63, 3.8) is 0 Å².